The number of nitrogens with zero attached hydrogens (tertiary/aromatic N) is 3. The van der Waals surface area contributed by atoms with E-state index in [0.717, 1.165) is 11.3 Å². The Morgan fingerprint density at radius 1 is 0.903 bits per heavy atom. The molecule has 0 saturated heterocycles. The van der Waals surface area contributed by atoms with Crippen LogP contribution in [-0.4, -0.2) is 33.4 Å². The van der Waals surface area contributed by atoms with Gasteiger partial charge in [-0.15, -0.1) is 0 Å². The highest BCUT2D eigenvalue weighted by Gasteiger charge is 2.21. The minimum Gasteiger partial charge on any atom is -0.337 e. The van der Waals surface area contributed by atoms with E-state index in [4.69, 9.17) is 11.6 Å². The zero-order chi connectivity index (χ0) is 21.8. The molecule has 0 aliphatic rings. The number of halogens is 1. The van der Waals surface area contributed by atoms with E-state index in [1.807, 2.05) is 36.5 Å². The zero-order valence-electron chi connectivity index (χ0n) is 16.9. The van der Waals surface area contributed by atoms with Crippen molar-refractivity contribution in [3.63, 3.8) is 0 Å². The molecule has 31 heavy (non-hydrogen) atoms. The number of hydrogen-bond acceptors (Lipinski definition) is 3. The Morgan fingerprint density at radius 2 is 1.55 bits per heavy atom. The number of para-hydroxylation sites is 1. The summed E-state index contributed by atoms with van der Waals surface area (Å²) in [6.45, 7) is 0.370. The van der Waals surface area contributed by atoms with Gasteiger partial charge < -0.3 is 4.90 Å². The predicted molar refractivity (Wildman–Crippen MR) is 121 cm³/mol. The fraction of sp³-hybridized carbons (Fsp3) is 0.0800. The van der Waals surface area contributed by atoms with Crippen LogP contribution < -0.4 is 0 Å². The quantitative estimate of drug-likeness (QED) is 0.404. The molecule has 0 aliphatic carbocycles. The Hall–Kier alpha value is -3.70. The Kier molecular flexibility index (Phi) is 5.96. The Labute approximate surface area is 185 Å². The van der Waals surface area contributed by atoms with Gasteiger partial charge in [0.05, 0.1) is 17.4 Å². The van der Waals surface area contributed by atoms with Gasteiger partial charge in [0.1, 0.15) is 0 Å². The van der Waals surface area contributed by atoms with E-state index in [0.29, 0.717) is 28.3 Å². The summed E-state index contributed by atoms with van der Waals surface area (Å²) in [5, 5.41) is 4.93. The molecule has 1 amide bonds. The van der Waals surface area contributed by atoms with E-state index < -0.39 is 0 Å². The van der Waals surface area contributed by atoms with Gasteiger partial charge in [-0.3, -0.25) is 9.59 Å². The van der Waals surface area contributed by atoms with Crippen LogP contribution in [0.15, 0.2) is 91.3 Å². The van der Waals surface area contributed by atoms with Crippen LogP contribution in [0.25, 0.3) is 5.69 Å². The lowest BCUT2D eigenvalue weighted by atomic mass is 9.97. The van der Waals surface area contributed by atoms with Crippen molar-refractivity contribution in [2.45, 2.75) is 6.54 Å². The third-order valence-electron chi connectivity index (χ3n) is 4.93. The predicted octanol–water partition coefficient (Wildman–Crippen LogP) is 5.03. The molecule has 0 radical (unpaired) electrons. The summed E-state index contributed by atoms with van der Waals surface area (Å²) in [6.07, 6.45) is 3.63. The number of aromatic nitrogens is 2. The van der Waals surface area contributed by atoms with E-state index in [-0.39, 0.29) is 11.7 Å². The number of carbonyl (C=O) groups excluding carboxylic acids is 2. The molecule has 0 fully saturated rings. The third kappa shape index (κ3) is 4.57. The molecule has 154 valence electrons. The van der Waals surface area contributed by atoms with Crippen LogP contribution in [-0.2, 0) is 6.54 Å². The number of carbonyl (C=O) groups is 2. The molecule has 4 aromatic rings. The molecule has 4 rings (SSSR count). The summed E-state index contributed by atoms with van der Waals surface area (Å²) in [6, 6.07) is 23.3. The van der Waals surface area contributed by atoms with Gasteiger partial charge in [0.15, 0.2) is 5.78 Å². The number of rotatable bonds is 6. The fourth-order valence-electron chi connectivity index (χ4n) is 3.34. The standard InChI is InChI=1S/C25H20ClN3O2/c1-28(16-18-15-27-29(17-18)21-7-3-2-4-8-21)25(31)23-10-6-5-9-22(23)24(30)19-11-13-20(26)14-12-19/h2-15,17H,16H2,1H3. The van der Waals surface area contributed by atoms with Gasteiger partial charge in [0.25, 0.3) is 5.91 Å². The Morgan fingerprint density at radius 3 is 2.26 bits per heavy atom. The highest BCUT2D eigenvalue weighted by molar-refractivity contribution is 6.30. The molecule has 0 bridgehead atoms. The normalized spacial score (nSPS) is 10.6. The molecular formula is C25H20ClN3O2. The van der Waals surface area contributed by atoms with Crippen molar-refractivity contribution in [3.8, 4) is 5.69 Å². The van der Waals surface area contributed by atoms with Crippen molar-refractivity contribution in [2.75, 3.05) is 7.05 Å². The van der Waals surface area contributed by atoms with Crippen LogP contribution in [0, 0.1) is 0 Å². The Balaban J connectivity index is 1.54. The molecule has 0 atom stereocenters. The molecule has 5 nitrogen and oxygen atoms in total. The van der Waals surface area contributed by atoms with Gasteiger partial charge >= 0.3 is 0 Å². The molecule has 0 saturated carbocycles. The molecule has 6 heteroatoms. The second kappa shape index (κ2) is 8.98. The topological polar surface area (TPSA) is 55.2 Å². The van der Waals surface area contributed by atoms with Gasteiger partial charge in [0.2, 0.25) is 0 Å². The zero-order valence-corrected chi connectivity index (χ0v) is 17.7. The summed E-state index contributed by atoms with van der Waals surface area (Å²) in [5.41, 5.74) is 3.04. The van der Waals surface area contributed by atoms with Gasteiger partial charge in [0, 0.05) is 41.5 Å². The molecule has 0 aliphatic heterocycles. The molecule has 0 N–H and O–H groups in total. The molecule has 3 aromatic carbocycles. The lowest BCUT2D eigenvalue weighted by molar-refractivity contribution is 0.0780. The number of hydrogen-bond donors (Lipinski definition) is 0. The van der Waals surface area contributed by atoms with Gasteiger partial charge in [-0.2, -0.15) is 5.10 Å². The van der Waals surface area contributed by atoms with Crippen LogP contribution in [0.3, 0.4) is 0 Å². The van der Waals surface area contributed by atoms with E-state index in [2.05, 4.69) is 5.10 Å². The number of ketones is 1. The lowest BCUT2D eigenvalue weighted by Gasteiger charge is -2.18. The van der Waals surface area contributed by atoms with E-state index in [1.165, 1.54) is 0 Å². The SMILES string of the molecule is CN(Cc1cnn(-c2ccccc2)c1)C(=O)c1ccccc1C(=O)c1ccc(Cl)cc1. The minimum absolute atomic E-state index is 0.217. The van der Waals surface area contributed by atoms with Gasteiger partial charge in [-0.25, -0.2) is 4.68 Å². The van der Waals surface area contributed by atoms with E-state index in [9.17, 15) is 9.59 Å². The van der Waals surface area contributed by atoms with Crippen LogP contribution >= 0.6 is 11.6 Å². The summed E-state index contributed by atoms with van der Waals surface area (Å²) < 4.78 is 1.77. The molecule has 0 spiro atoms. The average Bonchev–Trinajstić information content (AvgIpc) is 3.27. The van der Waals surface area contributed by atoms with Crippen LogP contribution in [0.2, 0.25) is 5.02 Å². The summed E-state index contributed by atoms with van der Waals surface area (Å²) in [7, 11) is 1.71. The first-order valence-electron chi connectivity index (χ1n) is 9.76. The molecular weight excluding hydrogens is 410 g/mol. The van der Waals surface area contributed by atoms with Crippen LogP contribution in [0.1, 0.15) is 31.8 Å². The van der Waals surface area contributed by atoms with Crippen molar-refractivity contribution >= 4 is 23.3 Å². The van der Waals surface area contributed by atoms with Gasteiger partial charge in [-0.05, 0) is 42.5 Å². The van der Waals surface area contributed by atoms with Crippen LogP contribution in [0.4, 0.5) is 0 Å². The maximum Gasteiger partial charge on any atom is 0.254 e. The first kappa shape index (κ1) is 20.6. The smallest absolute Gasteiger partial charge is 0.254 e. The highest BCUT2D eigenvalue weighted by atomic mass is 35.5. The average molecular weight is 430 g/mol. The maximum atomic E-state index is 13.2. The maximum absolute atomic E-state index is 13.2. The van der Waals surface area contributed by atoms with E-state index in [1.54, 1.807) is 71.4 Å². The second-order valence-electron chi connectivity index (χ2n) is 7.17. The van der Waals surface area contributed by atoms with Crippen molar-refractivity contribution < 1.29 is 9.59 Å². The third-order valence-corrected chi connectivity index (χ3v) is 5.18. The largest absolute Gasteiger partial charge is 0.337 e. The first-order valence-corrected chi connectivity index (χ1v) is 10.1. The summed E-state index contributed by atoms with van der Waals surface area (Å²) in [4.78, 5) is 27.7. The molecule has 1 heterocycles. The summed E-state index contributed by atoms with van der Waals surface area (Å²) in [5.74, 6) is -0.448. The minimum atomic E-state index is -0.231. The highest BCUT2D eigenvalue weighted by Crippen LogP contribution is 2.19. The van der Waals surface area contributed by atoms with Crippen molar-refractivity contribution in [3.05, 3.63) is 119 Å². The number of amides is 1. The fourth-order valence-corrected chi connectivity index (χ4v) is 3.47. The van der Waals surface area contributed by atoms with Crippen molar-refractivity contribution in [2.24, 2.45) is 0 Å². The molecule has 0 unspecified atom stereocenters. The van der Waals surface area contributed by atoms with Crippen LogP contribution in [0.5, 0.6) is 0 Å². The van der Waals surface area contributed by atoms with E-state index >= 15 is 0 Å². The second-order valence-corrected chi connectivity index (χ2v) is 7.61. The van der Waals surface area contributed by atoms with Gasteiger partial charge in [-0.1, -0.05) is 48.0 Å². The lowest BCUT2D eigenvalue weighted by Crippen LogP contribution is -2.27. The summed E-state index contributed by atoms with van der Waals surface area (Å²) >= 11 is 5.92. The molecule has 1 aromatic heterocycles. The van der Waals surface area contributed by atoms with Crippen molar-refractivity contribution in [1.82, 2.24) is 14.7 Å². The first-order chi connectivity index (χ1) is 15.0. The number of benzene rings is 3. The monoisotopic (exact) mass is 429 g/mol. The Bertz CT molecular complexity index is 1220. The van der Waals surface area contributed by atoms with Crippen molar-refractivity contribution in [1.29, 1.82) is 0 Å².